The van der Waals surface area contributed by atoms with Crippen LogP contribution in [0.1, 0.15) is 82.5 Å². The van der Waals surface area contributed by atoms with Crippen molar-refractivity contribution in [3.63, 3.8) is 0 Å². The van der Waals surface area contributed by atoms with Crippen LogP contribution < -0.4 is 16.4 Å². The van der Waals surface area contributed by atoms with Crippen molar-refractivity contribution in [2.45, 2.75) is 102 Å². The monoisotopic (exact) mass is 606 g/mol. The molecule has 1 aromatic carbocycles. The summed E-state index contributed by atoms with van der Waals surface area (Å²) in [7, 11) is 0. The molecule has 0 unspecified atom stereocenters. The summed E-state index contributed by atoms with van der Waals surface area (Å²) in [6.07, 6.45) is 10.6. The van der Waals surface area contributed by atoms with Crippen molar-refractivity contribution in [3.8, 4) is 0 Å². The minimum Gasteiger partial charge on any atom is -0.383 e. The lowest BCUT2D eigenvalue weighted by atomic mass is 9.82. The fourth-order valence-electron chi connectivity index (χ4n) is 5.85. The van der Waals surface area contributed by atoms with Gasteiger partial charge in [0.1, 0.15) is 18.0 Å². The van der Waals surface area contributed by atoms with E-state index >= 15 is 0 Å². The van der Waals surface area contributed by atoms with Crippen LogP contribution >= 0.6 is 0 Å². The number of amides is 4. The standard InChI is InChI=1S/C32H46N8O4/c1-32(2,3)39-31(44)38-25(16-21-10-6-4-7-11-21)30(43)40(29(42)24(33)18-23-19-34-20-37-23)26(17-22-12-8-5-9-13-22)27(41)28-35-14-15-36-28/h4,6-7,10-11,14-15,19-20,22,24-27,41H,5,8-9,12-13,16-18,33H2,1-3H3,(H,34,37)(H,35,36)(H2,38,39,44)/t24-,25-,26-,27+/m0/s1. The first-order valence-corrected chi connectivity index (χ1v) is 15.4. The average Bonchev–Trinajstić information content (AvgIpc) is 3.71. The van der Waals surface area contributed by atoms with Gasteiger partial charge in [0.2, 0.25) is 5.91 Å². The van der Waals surface area contributed by atoms with Crippen LogP contribution in [-0.2, 0) is 22.4 Å². The number of rotatable bonds is 12. The van der Waals surface area contributed by atoms with Gasteiger partial charge in [0.05, 0.1) is 18.4 Å². The number of nitrogens with zero attached hydrogens (tertiary/aromatic N) is 3. The number of carbonyl (C=O) groups excluding carboxylic acids is 3. The van der Waals surface area contributed by atoms with Gasteiger partial charge >= 0.3 is 6.03 Å². The minimum absolute atomic E-state index is 0.108. The van der Waals surface area contributed by atoms with E-state index in [1.807, 2.05) is 51.1 Å². The number of aromatic nitrogens is 4. The highest BCUT2D eigenvalue weighted by Gasteiger charge is 2.42. The van der Waals surface area contributed by atoms with Crippen LogP contribution in [0, 0.1) is 5.92 Å². The van der Waals surface area contributed by atoms with Gasteiger partial charge in [-0.3, -0.25) is 14.5 Å². The molecule has 1 saturated carbocycles. The Kier molecular flexibility index (Phi) is 11.3. The van der Waals surface area contributed by atoms with E-state index in [-0.39, 0.29) is 24.6 Å². The fraction of sp³-hybridized carbons (Fsp3) is 0.531. The second-order valence-corrected chi connectivity index (χ2v) is 12.8. The van der Waals surface area contributed by atoms with Crippen LogP contribution in [0.3, 0.4) is 0 Å². The van der Waals surface area contributed by atoms with Crippen molar-refractivity contribution >= 4 is 17.8 Å². The number of H-pyrrole nitrogens is 2. The molecule has 12 heteroatoms. The zero-order valence-electron chi connectivity index (χ0n) is 25.8. The lowest BCUT2D eigenvalue weighted by Crippen LogP contribution is -2.61. The summed E-state index contributed by atoms with van der Waals surface area (Å²) in [5.74, 6) is -0.854. The van der Waals surface area contributed by atoms with Crippen molar-refractivity contribution in [2.24, 2.45) is 11.7 Å². The lowest BCUT2D eigenvalue weighted by molar-refractivity contribution is -0.154. The van der Waals surface area contributed by atoms with Crippen LogP contribution in [0.2, 0.25) is 0 Å². The van der Waals surface area contributed by atoms with Crippen LogP contribution in [0.4, 0.5) is 4.79 Å². The number of nitrogens with two attached hydrogens (primary N) is 1. The Morgan fingerprint density at radius 2 is 1.80 bits per heavy atom. The van der Waals surface area contributed by atoms with Gasteiger partial charge < -0.3 is 31.4 Å². The van der Waals surface area contributed by atoms with Crippen molar-refractivity contribution in [1.29, 1.82) is 0 Å². The van der Waals surface area contributed by atoms with Crippen LogP contribution in [0.15, 0.2) is 55.2 Å². The number of imidazole rings is 2. The number of urea groups is 1. The number of imide groups is 1. The summed E-state index contributed by atoms with van der Waals surface area (Å²) < 4.78 is 0. The molecule has 12 nitrogen and oxygen atoms in total. The summed E-state index contributed by atoms with van der Waals surface area (Å²) in [6.45, 7) is 5.51. The van der Waals surface area contributed by atoms with E-state index in [0.29, 0.717) is 12.1 Å². The van der Waals surface area contributed by atoms with Gasteiger partial charge in [-0.1, -0.05) is 62.4 Å². The molecule has 1 aliphatic carbocycles. The number of hydrogen-bond donors (Lipinski definition) is 6. The number of aliphatic hydroxyl groups excluding tert-OH is 1. The molecule has 44 heavy (non-hydrogen) atoms. The number of aromatic amines is 2. The summed E-state index contributed by atoms with van der Waals surface area (Å²) in [6, 6.07) is 5.53. The second-order valence-electron chi connectivity index (χ2n) is 12.8. The highest BCUT2D eigenvalue weighted by molar-refractivity contribution is 6.01. The molecule has 0 radical (unpaired) electrons. The van der Waals surface area contributed by atoms with Crippen LogP contribution in [-0.4, -0.2) is 71.5 Å². The van der Waals surface area contributed by atoms with Gasteiger partial charge in [-0.25, -0.2) is 14.8 Å². The summed E-state index contributed by atoms with van der Waals surface area (Å²) >= 11 is 0. The molecule has 3 aromatic rings. The zero-order valence-corrected chi connectivity index (χ0v) is 25.8. The maximum absolute atomic E-state index is 14.7. The van der Waals surface area contributed by atoms with E-state index in [0.717, 1.165) is 42.6 Å². The number of benzene rings is 1. The third-order valence-corrected chi connectivity index (χ3v) is 7.96. The molecule has 7 N–H and O–H groups in total. The Bertz CT molecular complexity index is 1320. The molecule has 0 aliphatic heterocycles. The van der Waals surface area contributed by atoms with Gasteiger partial charge in [-0.2, -0.15) is 0 Å². The maximum atomic E-state index is 14.7. The maximum Gasteiger partial charge on any atom is 0.315 e. The summed E-state index contributed by atoms with van der Waals surface area (Å²) in [4.78, 5) is 57.4. The summed E-state index contributed by atoms with van der Waals surface area (Å²) in [5.41, 5.74) is 7.35. The Morgan fingerprint density at radius 3 is 2.41 bits per heavy atom. The Hall–Kier alpha value is -4.03. The molecule has 0 spiro atoms. The predicted octanol–water partition coefficient (Wildman–Crippen LogP) is 3.14. The number of carbonyl (C=O) groups is 3. The van der Waals surface area contributed by atoms with Crippen LogP contribution in [0.25, 0.3) is 0 Å². The Balaban J connectivity index is 1.74. The number of nitrogens with one attached hydrogen (secondary N) is 4. The normalized spacial score (nSPS) is 16.8. The minimum atomic E-state index is -1.29. The highest BCUT2D eigenvalue weighted by Crippen LogP contribution is 2.33. The van der Waals surface area contributed by atoms with E-state index in [1.165, 1.54) is 12.5 Å². The molecule has 0 bridgehead atoms. The van der Waals surface area contributed by atoms with Gasteiger partial charge in [-0.15, -0.1) is 0 Å². The van der Waals surface area contributed by atoms with E-state index in [1.54, 1.807) is 12.4 Å². The predicted molar refractivity (Wildman–Crippen MR) is 166 cm³/mol. The molecule has 1 fully saturated rings. The topological polar surface area (TPSA) is 182 Å². The van der Waals surface area contributed by atoms with Crippen molar-refractivity contribution in [2.75, 3.05) is 0 Å². The first-order valence-electron chi connectivity index (χ1n) is 15.4. The molecule has 4 atom stereocenters. The average molecular weight is 607 g/mol. The molecule has 1 aliphatic rings. The number of hydrogen-bond acceptors (Lipinski definition) is 7. The fourth-order valence-corrected chi connectivity index (χ4v) is 5.85. The van der Waals surface area contributed by atoms with Crippen molar-refractivity contribution in [3.05, 3.63) is 72.3 Å². The summed E-state index contributed by atoms with van der Waals surface area (Å²) in [5, 5.41) is 17.4. The molecule has 4 rings (SSSR count). The first kappa shape index (κ1) is 32.9. The van der Waals surface area contributed by atoms with Crippen molar-refractivity contribution in [1.82, 2.24) is 35.5 Å². The Morgan fingerprint density at radius 1 is 1.07 bits per heavy atom. The molecule has 238 valence electrons. The molecule has 4 amide bonds. The SMILES string of the molecule is CC(C)(C)NC(=O)N[C@@H](Cc1ccccc1)C(=O)N(C(=O)[C@@H](N)Cc1cnc[nH]1)[C@@H](CC1CCCCC1)[C@@H](O)c1ncc[nH]1. The molecular formula is C32H46N8O4. The van der Waals surface area contributed by atoms with Crippen molar-refractivity contribution < 1.29 is 19.5 Å². The molecule has 0 saturated heterocycles. The Labute approximate surface area is 258 Å². The van der Waals surface area contributed by atoms with E-state index < -0.39 is 47.6 Å². The van der Waals surface area contributed by atoms with E-state index in [2.05, 4.69) is 30.6 Å². The second kappa shape index (κ2) is 15.1. The smallest absolute Gasteiger partial charge is 0.315 e. The first-order chi connectivity index (χ1) is 21.0. The molecule has 2 aromatic heterocycles. The largest absolute Gasteiger partial charge is 0.383 e. The third-order valence-electron chi connectivity index (χ3n) is 7.96. The zero-order chi connectivity index (χ0) is 31.7. The number of aliphatic hydroxyl groups is 1. The molecule has 2 heterocycles. The van der Waals surface area contributed by atoms with Gasteiger partial charge in [0.25, 0.3) is 5.91 Å². The van der Waals surface area contributed by atoms with Crippen LogP contribution in [0.5, 0.6) is 0 Å². The highest BCUT2D eigenvalue weighted by atomic mass is 16.3. The van der Waals surface area contributed by atoms with Gasteiger partial charge in [0.15, 0.2) is 0 Å². The van der Waals surface area contributed by atoms with Gasteiger partial charge in [-0.05, 0) is 38.7 Å². The van der Waals surface area contributed by atoms with E-state index in [9.17, 15) is 19.5 Å². The van der Waals surface area contributed by atoms with E-state index in [4.69, 9.17) is 5.73 Å². The third kappa shape index (κ3) is 9.23. The quantitative estimate of drug-likeness (QED) is 0.183. The lowest BCUT2D eigenvalue weighted by Gasteiger charge is -2.39. The van der Waals surface area contributed by atoms with Gasteiger partial charge in [0, 0.05) is 42.7 Å². The molecular weight excluding hydrogens is 560 g/mol.